The van der Waals surface area contributed by atoms with Crippen LogP contribution in [0.3, 0.4) is 0 Å². The van der Waals surface area contributed by atoms with Crippen LogP contribution in [0.5, 0.6) is 0 Å². The number of carbonyl (C=O) groups is 1. The van der Waals surface area contributed by atoms with Gasteiger partial charge in [0.05, 0.1) is 5.92 Å². The number of rotatable bonds is 5. The van der Waals surface area contributed by atoms with Crippen molar-refractivity contribution < 1.29 is 4.79 Å². The molecule has 1 aromatic heterocycles. The summed E-state index contributed by atoms with van der Waals surface area (Å²) in [4.78, 5) is 23.9. The zero-order chi connectivity index (χ0) is 20.1. The summed E-state index contributed by atoms with van der Waals surface area (Å²) in [6.07, 6.45) is 5.56. The monoisotopic (exact) mass is 450 g/mol. The van der Waals surface area contributed by atoms with E-state index >= 15 is 0 Å². The summed E-state index contributed by atoms with van der Waals surface area (Å²) in [7, 11) is 0. The number of aromatic nitrogens is 2. The second-order valence-corrected chi connectivity index (χ2v) is 8.18. The predicted octanol–water partition coefficient (Wildman–Crippen LogP) is 4.44. The topological polar surface area (TPSA) is 58.1 Å². The first kappa shape index (κ1) is 19.6. The molecule has 2 heterocycles. The third kappa shape index (κ3) is 5.01. The lowest BCUT2D eigenvalue weighted by atomic mass is 9.97. The Hall–Kier alpha value is -2.73. The minimum atomic E-state index is -0.0448. The molecule has 1 saturated heterocycles. The average molecular weight is 451 g/mol. The van der Waals surface area contributed by atoms with E-state index in [0.29, 0.717) is 19.0 Å². The first-order valence-electron chi connectivity index (χ1n) is 9.83. The van der Waals surface area contributed by atoms with Gasteiger partial charge >= 0.3 is 0 Å². The van der Waals surface area contributed by atoms with Crippen LogP contribution in [0.15, 0.2) is 71.5 Å². The Labute approximate surface area is 179 Å². The van der Waals surface area contributed by atoms with Crippen molar-refractivity contribution in [2.75, 3.05) is 18.0 Å². The highest BCUT2D eigenvalue weighted by Gasteiger charge is 2.27. The highest BCUT2D eigenvalue weighted by molar-refractivity contribution is 9.10. The molecule has 2 aromatic carbocycles. The quantitative estimate of drug-likeness (QED) is 0.623. The van der Waals surface area contributed by atoms with E-state index in [0.717, 1.165) is 40.5 Å². The number of halogens is 1. The molecule has 0 unspecified atom stereocenters. The maximum Gasteiger partial charge on any atom is 0.225 e. The molecule has 1 atom stereocenters. The van der Waals surface area contributed by atoms with Crippen molar-refractivity contribution in [3.05, 3.63) is 77.0 Å². The van der Waals surface area contributed by atoms with Crippen LogP contribution in [-0.2, 0) is 11.3 Å². The predicted molar refractivity (Wildman–Crippen MR) is 118 cm³/mol. The van der Waals surface area contributed by atoms with Crippen molar-refractivity contribution in [1.82, 2.24) is 15.3 Å². The molecule has 6 heteroatoms. The average Bonchev–Trinajstić information content (AvgIpc) is 2.79. The molecule has 1 aliphatic rings. The van der Waals surface area contributed by atoms with Crippen molar-refractivity contribution >= 4 is 27.8 Å². The third-order valence-electron chi connectivity index (χ3n) is 5.20. The van der Waals surface area contributed by atoms with Crippen molar-refractivity contribution in [2.45, 2.75) is 19.4 Å². The van der Waals surface area contributed by atoms with E-state index in [-0.39, 0.29) is 11.8 Å². The standard InChI is InChI=1S/C23H23BrN4O/c24-21-10-8-17(9-11-21)13-25-22(29)19-7-4-12-28(16-19)23-26-14-20(15-27-23)18-5-2-1-3-6-18/h1-3,5-6,8-11,14-15,19H,4,7,12-13,16H2,(H,25,29)/t19-/m0/s1. The molecule has 1 amide bonds. The van der Waals surface area contributed by atoms with Gasteiger partial charge in [-0.1, -0.05) is 58.4 Å². The first-order valence-corrected chi connectivity index (χ1v) is 10.6. The summed E-state index contributed by atoms with van der Waals surface area (Å²) >= 11 is 3.43. The van der Waals surface area contributed by atoms with Gasteiger partial charge in [0.2, 0.25) is 11.9 Å². The molecule has 0 spiro atoms. The molecule has 1 N–H and O–H groups in total. The molecule has 0 saturated carbocycles. The lowest BCUT2D eigenvalue weighted by Gasteiger charge is -2.32. The SMILES string of the molecule is O=C(NCc1ccc(Br)cc1)[C@H]1CCCN(c2ncc(-c3ccccc3)cn2)C1. The number of nitrogens with one attached hydrogen (secondary N) is 1. The molecule has 1 fully saturated rings. The van der Waals surface area contributed by atoms with Crippen LogP contribution in [-0.4, -0.2) is 29.0 Å². The number of hydrogen-bond donors (Lipinski definition) is 1. The van der Waals surface area contributed by atoms with Crippen LogP contribution in [0.25, 0.3) is 11.1 Å². The third-order valence-corrected chi connectivity index (χ3v) is 5.73. The molecule has 0 bridgehead atoms. The molecule has 148 valence electrons. The highest BCUT2D eigenvalue weighted by Crippen LogP contribution is 2.23. The van der Waals surface area contributed by atoms with Crippen LogP contribution in [0.2, 0.25) is 0 Å². The zero-order valence-corrected chi connectivity index (χ0v) is 17.7. The minimum absolute atomic E-state index is 0.0448. The molecule has 4 rings (SSSR count). The van der Waals surface area contributed by atoms with Crippen LogP contribution >= 0.6 is 15.9 Å². The van der Waals surface area contributed by atoms with Crippen molar-refractivity contribution in [2.24, 2.45) is 5.92 Å². The Balaban J connectivity index is 1.36. The molecule has 5 nitrogen and oxygen atoms in total. The van der Waals surface area contributed by atoms with Gasteiger partial charge in [-0.05, 0) is 36.1 Å². The van der Waals surface area contributed by atoms with Crippen LogP contribution in [0.1, 0.15) is 18.4 Å². The van der Waals surface area contributed by atoms with E-state index in [1.807, 2.05) is 67.0 Å². The summed E-state index contributed by atoms with van der Waals surface area (Å²) in [6.45, 7) is 2.07. The fourth-order valence-electron chi connectivity index (χ4n) is 3.57. The van der Waals surface area contributed by atoms with Crippen LogP contribution in [0, 0.1) is 5.92 Å². The Morgan fingerprint density at radius 2 is 1.76 bits per heavy atom. The number of hydrogen-bond acceptors (Lipinski definition) is 4. The zero-order valence-electron chi connectivity index (χ0n) is 16.1. The molecule has 29 heavy (non-hydrogen) atoms. The van der Waals surface area contributed by atoms with E-state index in [2.05, 4.69) is 36.1 Å². The molecule has 1 aliphatic heterocycles. The minimum Gasteiger partial charge on any atom is -0.352 e. The summed E-state index contributed by atoms with van der Waals surface area (Å²) in [5, 5.41) is 3.07. The van der Waals surface area contributed by atoms with Gasteiger partial charge in [-0.15, -0.1) is 0 Å². The number of anilines is 1. The second-order valence-electron chi connectivity index (χ2n) is 7.27. The smallest absolute Gasteiger partial charge is 0.225 e. The van der Waals surface area contributed by atoms with E-state index in [1.165, 1.54) is 0 Å². The number of benzene rings is 2. The van der Waals surface area contributed by atoms with E-state index in [1.54, 1.807) is 0 Å². The Kier molecular flexibility index (Phi) is 6.20. The van der Waals surface area contributed by atoms with Crippen LogP contribution < -0.4 is 10.2 Å². The summed E-state index contributed by atoms with van der Waals surface area (Å²) in [5.74, 6) is 0.741. The Bertz CT molecular complexity index is 945. The van der Waals surface area contributed by atoms with Crippen molar-refractivity contribution in [3.8, 4) is 11.1 Å². The molecular formula is C23H23BrN4O. The van der Waals surface area contributed by atoms with E-state index in [4.69, 9.17) is 0 Å². The van der Waals surface area contributed by atoms with Crippen molar-refractivity contribution in [1.29, 1.82) is 0 Å². The van der Waals surface area contributed by atoms with Gasteiger partial charge in [-0.3, -0.25) is 4.79 Å². The highest BCUT2D eigenvalue weighted by atomic mass is 79.9. The van der Waals surface area contributed by atoms with Gasteiger partial charge < -0.3 is 10.2 Å². The van der Waals surface area contributed by atoms with Gasteiger partial charge in [0.15, 0.2) is 0 Å². The second kappa shape index (κ2) is 9.18. The lowest BCUT2D eigenvalue weighted by molar-refractivity contribution is -0.125. The first-order chi connectivity index (χ1) is 14.2. The number of piperidine rings is 1. The normalized spacial score (nSPS) is 16.4. The van der Waals surface area contributed by atoms with Gasteiger partial charge in [-0.2, -0.15) is 0 Å². The Morgan fingerprint density at radius 1 is 1.03 bits per heavy atom. The Morgan fingerprint density at radius 3 is 2.48 bits per heavy atom. The maximum atomic E-state index is 12.7. The van der Waals surface area contributed by atoms with Crippen LogP contribution in [0.4, 0.5) is 5.95 Å². The summed E-state index contributed by atoms with van der Waals surface area (Å²) in [5.41, 5.74) is 3.19. The summed E-state index contributed by atoms with van der Waals surface area (Å²) < 4.78 is 1.04. The molecule has 3 aromatic rings. The van der Waals surface area contributed by atoms with E-state index in [9.17, 15) is 4.79 Å². The fraction of sp³-hybridized carbons (Fsp3) is 0.261. The lowest BCUT2D eigenvalue weighted by Crippen LogP contribution is -2.43. The number of nitrogens with zero attached hydrogens (tertiary/aromatic N) is 3. The van der Waals surface area contributed by atoms with Crippen molar-refractivity contribution in [3.63, 3.8) is 0 Å². The maximum absolute atomic E-state index is 12.7. The number of carbonyl (C=O) groups excluding carboxylic acids is 1. The van der Waals surface area contributed by atoms with Gasteiger partial charge in [0.1, 0.15) is 0 Å². The largest absolute Gasteiger partial charge is 0.352 e. The number of amides is 1. The summed E-state index contributed by atoms with van der Waals surface area (Å²) in [6, 6.07) is 18.1. The van der Waals surface area contributed by atoms with E-state index < -0.39 is 0 Å². The fourth-order valence-corrected chi connectivity index (χ4v) is 3.84. The molecule has 0 aliphatic carbocycles. The van der Waals surface area contributed by atoms with Gasteiger partial charge in [-0.25, -0.2) is 9.97 Å². The van der Waals surface area contributed by atoms with Gasteiger partial charge in [0, 0.05) is 42.1 Å². The van der Waals surface area contributed by atoms with Gasteiger partial charge in [0.25, 0.3) is 0 Å². The molecule has 0 radical (unpaired) electrons. The molecular weight excluding hydrogens is 428 g/mol.